The molecule has 1 fully saturated rings. The second-order valence-electron chi connectivity index (χ2n) is 7.89. The lowest BCUT2D eigenvalue weighted by Crippen LogP contribution is -2.27. The number of nitrogens with zero attached hydrogens (tertiary/aromatic N) is 4. The molecule has 7 nitrogen and oxygen atoms in total. The standard InChI is InChI=1S/C24H21FN4O3S2/c25-17-7-9-18(10-8-17)29-22(27-21-6-2-1-5-20(21)24(29)30)16-33-23-12-11-19(15-26-23)34(31,32)28-13-3-4-14-28/h1-2,5-12,15H,3-4,13-14,16H2. The minimum Gasteiger partial charge on any atom is -0.268 e. The SMILES string of the molecule is O=c1c2ccccc2nc(CSc2ccc(S(=O)(=O)N3CCCC3)cn2)n1-c1ccc(F)cc1. The van der Waals surface area contributed by atoms with Crippen LogP contribution >= 0.6 is 11.8 Å². The van der Waals surface area contributed by atoms with Crippen molar-refractivity contribution in [2.45, 2.75) is 28.5 Å². The molecule has 0 amide bonds. The van der Waals surface area contributed by atoms with Crippen LogP contribution in [0.3, 0.4) is 0 Å². The van der Waals surface area contributed by atoms with Crippen molar-refractivity contribution in [3.05, 3.63) is 88.9 Å². The van der Waals surface area contributed by atoms with Crippen LogP contribution in [0.1, 0.15) is 18.7 Å². The highest BCUT2D eigenvalue weighted by Crippen LogP contribution is 2.25. The second kappa shape index (κ2) is 9.28. The Morgan fingerprint density at radius 1 is 0.971 bits per heavy atom. The molecule has 0 unspecified atom stereocenters. The van der Waals surface area contributed by atoms with E-state index in [-0.39, 0.29) is 10.5 Å². The Bertz CT molecular complexity index is 1500. The van der Waals surface area contributed by atoms with Gasteiger partial charge in [0.2, 0.25) is 10.0 Å². The summed E-state index contributed by atoms with van der Waals surface area (Å²) in [6.07, 6.45) is 3.11. The number of para-hydroxylation sites is 1. The molecular formula is C24H21FN4O3S2. The summed E-state index contributed by atoms with van der Waals surface area (Å²) < 4.78 is 41.9. The number of hydrogen-bond donors (Lipinski definition) is 0. The quantitative estimate of drug-likeness (QED) is 0.375. The van der Waals surface area contributed by atoms with E-state index in [0.29, 0.717) is 46.3 Å². The van der Waals surface area contributed by atoms with Crippen molar-refractivity contribution in [3.63, 3.8) is 0 Å². The smallest absolute Gasteiger partial charge is 0.265 e. The fourth-order valence-electron chi connectivity index (χ4n) is 3.95. The lowest BCUT2D eigenvalue weighted by molar-refractivity contribution is 0.477. The van der Waals surface area contributed by atoms with Crippen molar-refractivity contribution in [1.29, 1.82) is 0 Å². The van der Waals surface area contributed by atoms with E-state index in [1.165, 1.54) is 51.1 Å². The molecule has 34 heavy (non-hydrogen) atoms. The molecule has 0 radical (unpaired) electrons. The van der Waals surface area contributed by atoms with Gasteiger partial charge in [-0.05, 0) is 61.4 Å². The van der Waals surface area contributed by atoms with Gasteiger partial charge >= 0.3 is 0 Å². The number of fused-ring (bicyclic) bond motifs is 1. The predicted octanol–water partition coefficient (Wildman–Crippen LogP) is 4.00. The number of rotatable bonds is 6. The summed E-state index contributed by atoms with van der Waals surface area (Å²) in [5.41, 5.74) is 0.842. The van der Waals surface area contributed by atoms with Gasteiger partial charge in [-0.15, -0.1) is 0 Å². The Morgan fingerprint density at radius 2 is 1.71 bits per heavy atom. The van der Waals surface area contributed by atoms with Gasteiger partial charge in [0.15, 0.2) is 0 Å². The van der Waals surface area contributed by atoms with Gasteiger partial charge in [0.05, 0.1) is 27.4 Å². The molecule has 1 aliphatic heterocycles. The topological polar surface area (TPSA) is 85.2 Å². The minimum atomic E-state index is -3.53. The summed E-state index contributed by atoms with van der Waals surface area (Å²) >= 11 is 1.34. The summed E-state index contributed by atoms with van der Waals surface area (Å²) in [6.45, 7) is 1.07. The number of sulfonamides is 1. The zero-order chi connectivity index (χ0) is 23.7. The molecule has 0 saturated carbocycles. The zero-order valence-electron chi connectivity index (χ0n) is 18.1. The summed E-state index contributed by atoms with van der Waals surface area (Å²) in [4.78, 5) is 22.4. The van der Waals surface area contributed by atoms with E-state index < -0.39 is 15.8 Å². The first kappa shape index (κ1) is 22.7. The Kier molecular flexibility index (Phi) is 6.20. The van der Waals surface area contributed by atoms with E-state index in [1.807, 2.05) is 6.07 Å². The van der Waals surface area contributed by atoms with Crippen molar-refractivity contribution in [2.75, 3.05) is 13.1 Å². The van der Waals surface area contributed by atoms with Crippen LogP contribution in [0, 0.1) is 5.82 Å². The molecule has 2 aromatic heterocycles. The van der Waals surface area contributed by atoms with Crippen molar-refractivity contribution >= 4 is 32.7 Å². The predicted molar refractivity (Wildman–Crippen MR) is 129 cm³/mol. The molecule has 3 heterocycles. The van der Waals surface area contributed by atoms with Crippen LogP contribution in [-0.4, -0.2) is 40.3 Å². The van der Waals surface area contributed by atoms with E-state index in [1.54, 1.807) is 30.3 Å². The first-order valence-electron chi connectivity index (χ1n) is 10.8. The molecule has 0 atom stereocenters. The number of halogens is 1. The number of aromatic nitrogens is 3. The summed E-state index contributed by atoms with van der Waals surface area (Å²) in [7, 11) is -3.53. The molecule has 0 aliphatic carbocycles. The van der Waals surface area contributed by atoms with Gasteiger partial charge in [-0.2, -0.15) is 4.31 Å². The summed E-state index contributed by atoms with van der Waals surface area (Å²) in [5, 5.41) is 1.07. The second-order valence-corrected chi connectivity index (χ2v) is 10.8. The van der Waals surface area contributed by atoms with Crippen LogP contribution < -0.4 is 5.56 Å². The molecule has 0 N–H and O–H groups in total. The van der Waals surface area contributed by atoms with Gasteiger partial charge in [0, 0.05) is 19.3 Å². The van der Waals surface area contributed by atoms with Crippen LogP contribution in [-0.2, 0) is 15.8 Å². The van der Waals surface area contributed by atoms with E-state index >= 15 is 0 Å². The zero-order valence-corrected chi connectivity index (χ0v) is 19.7. The third kappa shape index (κ3) is 4.36. The Morgan fingerprint density at radius 3 is 2.41 bits per heavy atom. The fraction of sp³-hybridized carbons (Fsp3) is 0.208. The normalized spacial score (nSPS) is 14.6. The van der Waals surface area contributed by atoms with E-state index in [0.717, 1.165) is 12.8 Å². The Hall–Kier alpha value is -3.08. The maximum Gasteiger partial charge on any atom is 0.265 e. The third-order valence-corrected chi connectivity index (χ3v) is 8.51. The van der Waals surface area contributed by atoms with Crippen LogP contribution in [0.2, 0.25) is 0 Å². The first-order valence-corrected chi connectivity index (χ1v) is 13.2. The molecule has 0 spiro atoms. The highest BCUT2D eigenvalue weighted by atomic mass is 32.2. The van der Waals surface area contributed by atoms with Crippen LogP contribution in [0.15, 0.2) is 81.6 Å². The molecular weight excluding hydrogens is 475 g/mol. The Balaban J connectivity index is 1.45. The van der Waals surface area contributed by atoms with Crippen LogP contribution in [0.5, 0.6) is 0 Å². The highest BCUT2D eigenvalue weighted by molar-refractivity contribution is 7.98. The molecule has 1 aliphatic rings. The molecule has 4 aromatic rings. The first-order chi connectivity index (χ1) is 16.4. The van der Waals surface area contributed by atoms with Gasteiger partial charge in [-0.3, -0.25) is 9.36 Å². The highest BCUT2D eigenvalue weighted by Gasteiger charge is 2.27. The molecule has 2 aromatic carbocycles. The number of thioether (sulfide) groups is 1. The van der Waals surface area contributed by atoms with Crippen LogP contribution in [0.4, 0.5) is 4.39 Å². The maximum absolute atomic E-state index is 13.5. The average Bonchev–Trinajstić information content (AvgIpc) is 3.40. The molecule has 174 valence electrons. The fourth-order valence-corrected chi connectivity index (χ4v) is 6.18. The number of hydrogen-bond acceptors (Lipinski definition) is 6. The minimum absolute atomic E-state index is 0.172. The van der Waals surface area contributed by atoms with E-state index in [4.69, 9.17) is 0 Å². The Labute approximate surface area is 200 Å². The van der Waals surface area contributed by atoms with Crippen LogP contribution in [0.25, 0.3) is 16.6 Å². The molecule has 1 saturated heterocycles. The van der Waals surface area contributed by atoms with Crippen molar-refractivity contribution in [3.8, 4) is 5.69 Å². The third-order valence-electron chi connectivity index (χ3n) is 5.69. The lowest BCUT2D eigenvalue weighted by Gasteiger charge is -2.15. The van der Waals surface area contributed by atoms with Crippen molar-refractivity contribution < 1.29 is 12.8 Å². The summed E-state index contributed by atoms with van der Waals surface area (Å²) in [5.74, 6) is 0.397. The average molecular weight is 497 g/mol. The van der Waals surface area contributed by atoms with E-state index in [9.17, 15) is 17.6 Å². The summed E-state index contributed by atoms with van der Waals surface area (Å²) in [6, 6.07) is 16.0. The van der Waals surface area contributed by atoms with Crippen molar-refractivity contribution in [1.82, 2.24) is 18.8 Å². The number of benzene rings is 2. The van der Waals surface area contributed by atoms with Crippen molar-refractivity contribution in [2.24, 2.45) is 0 Å². The molecule has 10 heteroatoms. The van der Waals surface area contributed by atoms with Gasteiger partial charge in [0.25, 0.3) is 5.56 Å². The van der Waals surface area contributed by atoms with Gasteiger partial charge in [-0.25, -0.2) is 22.8 Å². The lowest BCUT2D eigenvalue weighted by atomic mass is 10.2. The molecule has 0 bridgehead atoms. The number of pyridine rings is 1. The monoisotopic (exact) mass is 496 g/mol. The van der Waals surface area contributed by atoms with Gasteiger partial charge in [0.1, 0.15) is 16.5 Å². The largest absolute Gasteiger partial charge is 0.268 e. The van der Waals surface area contributed by atoms with Gasteiger partial charge in [-0.1, -0.05) is 23.9 Å². The maximum atomic E-state index is 13.5. The van der Waals surface area contributed by atoms with Gasteiger partial charge < -0.3 is 0 Å². The molecule has 5 rings (SSSR count). The van der Waals surface area contributed by atoms with E-state index in [2.05, 4.69) is 9.97 Å².